The summed E-state index contributed by atoms with van der Waals surface area (Å²) in [5.74, 6) is 1.14. The maximum atomic E-state index is 7.74. The topological polar surface area (TPSA) is 70.9 Å². The van der Waals surface area contributed by atoms with Crippen LogP contribution in [0, 0.1) is 12.3 Å². The quantitative estimate of drug-likeness (QED) is 0.620. The fourth-order valence-electron chi connectivity index (χ4n) is 2.78. The molecule has 0 unspecified atom stereocenters. The molecule has 0 radical (unpaired) electrons. The van der Waals surface area contributed by atoms with Crippen LogP contribution in [0.5, 0.6) is 0 Å². The van der Waals surface area contributed by atoms with Crippen LogP contribution in [0.3, 0.4) is 0 Å². The third kappa shape index (κ3) is 2.49. The highest BCUT2D eigenvalue weighted by Crippen LogP contribution is 2.25. The zero-order valence-corrected chi connectivity index (χ0v) is 11.4. The summed E-state index contributed by atoms with van der Waals surface area (Å²) in [6, 6.07) is 0. The lowest BCUT2D eigenvalue weighted by Crippen LogP contribution is -2.31. The van der Waals surface area contributed by atoms with Crippen molar-refractivity contribution < 1.29 is 0 Å². The number of nitrogens with one attached hydrogen (secondary N) is 1. The van der Waals surface area contributed by atoms with Crippen LogP contribution in [-0.2, 0) is 7.05 Å². The van der Waals surface area contributed by atoms with Crippen molar-refractivity contribution in [2.24, 2.45) is 12.8 Å². The number of nitrogens with two attached hydrogens (primary N) is 1. The van der Waals surface area contributed by atoms with Crippen molar-refractivity contribution in [2.75, 3.05) is 18.0 Å². The maximum Gasteiger partial charge on any atom is 0.137 e. The Balaban J connectivity index is 2.32. The summed E-state index contributed by atoms with van der Waals surface area (Å²) in [5, 5.41) is 12.2. The van der Waals surface area contributed by atoms with Crippen LogP contribution in [0.2, 0.25) is 0 Å². The van der Waals surface area contributed by atoms with E-state index in [1.165, 1.54) is 32.1 Å². The zero-order valence-electron chi connectivity index (χ0n) is 11.4. The SMILES string of the molecule is Cc1nn(C)c(N2CCCCCCC2)c1C(=N)N. The van der Waals surface area contributed by atoms with Gasteiger partial charge in [0.15, 0.2) is 0 Å². The molecule has 5 nitrogen and oxygen atoms in total. The molecule has 100 valence electrons. The van der Waals surface area contributed by atoms with E-state index in [4.69, 9.17) is 11.1 Å². The summed E-state index contributed by atoms with van der Waals surface area (Å²) in [7, 11) is 1.94. The molecule has 0 aromatic carbocycles. The second-order valence-corrected chi connectivity index (χ2v) is 5.08. The summed E-state index contributed by atoms with van der Waals surface area (Å²) in [6.45, 7) is 4.00. The van der Waals surface area contributed by atoms with Crippen molar-refractivity contribution >= 4 is 11.7 Å². The first kappa shape index (κ1) is 12.9. The van der Waals surface area contributed by atoms with Crippen LogP contribution in [0.4, 0.5) is 5.82 Å². The van der Waals surface area contributed by atoms with Crippen molar-refractivity contribution in [1.29, 1.82) is 5.41 Å². The fourth-order valence-corrected chi connectivity index (χ4v) is 2.78. The molecule has 5 heteroatoms. The van der Waals surface area contributed by atoms with E-state index in [0.29, 0.717) is 0 Å². The first-order chi connectivity index (χ1) is 8.61. The second-order valence-electron chi connectivity index (χ2n) is 5.08. The molecule has 18 heavy (non-hydrogen) atoms. The molecule has 0 bridgehead atoms. The molecular weight excluding hydrogens is 226 g/mol. The van der Waals surface area contributed by atoms with E-state index in [-0.39, 0.29) is 5.84 Å². The molecule has 1 saturated heterocycles. The standard InChI is InChI=1S/C13H23N5/c1-10-11(12(14)15)13(17(2)16-10)18-8-6-4-3-5-7-9-18/h3-9H2,1-2H3,(H3,14,15). The van der Waals surface area contributed by atoms with Crippen molar-refractivity contribution in [3.63, 3.8) is 0 Å². The molecule has 1 aromatic heterocycles. The molecular formula is C13H23N5. The Morgan fingerprint density at radius 3 is 2.28 bits per heavy atom. The first-order valence-electron chi connectivity index (χ1n) is 6.74. The van der Waals surface area contributed by atoms with Crippen LogP contribution in [0.1, 0.15) is 43.4 Å². The molecule has 0 atom stereocenters. The lowest BCUT2D eigenvalue weighted by atomic mass is 10.1. The lowest BCUT2D eigenvalue weighted by molar-refractivity contribution is 0.546. The molecule has 2 rings (SSSR count). The molecule has 1 fully saturated rings. The number of aryl methyl sites for hydroxylation is 2. The monoisotopic (exact) mass is 249 g/mol. The summed E-state index contributed by atoms with van der Waals surface area (Å²) in [4.78, 5) is 2.34. The lowest BCUT2D eigenvalue weighted by Gasteiger charge is -2.27. The predicted molar refractivity (Wildman–Crippen MR) is 74.3 cm³/mol. The third-order valence-electron chi connectivity index (χ3n) is 3.62. The third-order valence-corrected chi connectivity index (χ3v) is 3.62. The van der Waals surface area contributed by atoms with Crippen molar-refractivity contribution in [3.8, 4) is 0 Å². The minimum atomic E-state index is 0.123. The van der Waals surface area contributed by atoms with E-state index in [1.807, 2.05) is 18.7 Å². The van der Waals surface area contributed by atoms with Gasteiger partial charge in [-0.1, -0.05) is 19.3 Å². The molecule has 0 amide bonds. The normalized spacial score (nSPS) is 17.3. The minimum absolute atomic E-state index is 0.123. The summed E-state index contributed by atoms with van der Waals surface area (Å²) < 4.78 is 1.87. The number of nitrogens with zero attached hydrogens (tertiary/aromatic N) is 3. The van der Waals surface area contributed by atoms with Gasteiger partial charge in [-0.2, -0.15) is 5.10 Å². The number of amidine groups is 1. The van der Waals surface area contributed by atoms with Gasteiger partial charge < -0.3 is 10.6 Å². The van der Waals surface area contributed by atoms with E-state index in [2.05, 4.69) is 10.00 Å². The van der Waals surface area contributed by atoms with Crippen LogP contribution in [0.15, 0.2) is 0 Å². The van der Waals surface area contributed by atoms with Gasteiger partial charge >= 0.3 is 0 Å². The molecule has 1 aromatic rings. The van der Waals surface area contributed by atoms with Gasteiger partial charge in [0.05, 0.1) is 11.3 Å². The first-order valence-corrected chi connectivity index (χ1v) is 6.74. The van der Waals surface area contributed by atoms with Gasteiger partial charge in [0.1, 0.15) is 11.7 Å². The summed E-state index contributed by atoms with van der Waals surface area (Å²) in [5.41, 5.74) is 7.36. The van der Waals surface area contributed by atoms with Gasteiger partial charge in [0, 0.05) is 20.1 Å². The maximum absolute atomic E-state index is 7.74. The minimum Gasteiger partial charge on any atom is -0.384 e. The number of nitrogen functional groups attached to an aromatic ring is 1. The second kappa shape index (κ2) is 5.42. The predicted octanol–water partition coefficient (Wildman–Crippen LogP) is 1.78. The Bertz CT molecular complexity index is 427. The fraction of sp³-hybridized carbons (Fsp3) is 0.692. The average Bonchev–Trinajstić information content (AvgIpc) is 2.53. The van der Waals surface area contributed by atoms with Crippen molar-refractivity contribution in [1.82, 2.24) is 9.78 Å². The van der Waals surface area contributed by atoms with Crippen LogP contribution < -0.4 is 10.6 Å². The molecule has 0 spiro atoms. The Kier molecular flexibility index (Phi) is 3.89. The number of aromatic nitrogens is 2. The van der Waals surface area contributed by atoms with Crippen LogP contribution in [0.25, 0.3) is 0 Å². The Morgan fingerprint density at radius 1 is 1.17 bits per heavy atom. The zero-order chi connectivity index (χ0) is 13.1. The molecule has 0 saturated carbocycles. The largest absolute Gasteiger partial charge is 0.384 e. The van der Waals surface area contributed by atoms with Crippen LogP contribution >= 0.6 is 0 Å². The summed E-state index contributed by atoms with van der Waals surface area (Å²) in [6.07, 6.45) is 6.35. The number of rotatable bonds is 2. The number of anilines is 1. The molecule has 3 N–H and O–H groups in total. The molecule has 0 aliphatic carbocycles. The van der Waals surface area contributed by atoms with Gasteiger partial charge in [-0.15, -0.1) is 0 Å². The molecule has 1 aliphatic heterocycles. The van der Waals surface area contributed by atoms with E-state index in [9.17, 15) is 0 Å². The van der Waals surface area contributed by atoms with E-state index in [1.54, 1.807) is 0 Å². The van der Waals surface area contributed by atoms with Gasteiger partial charge in [-0.05, 0) is 19.8 Å². The van der Waals surface area contributed by atoms with E-state index in [0.717, 1.165) is 30.2 Å². The average molecular weight is 249 g/mol. The number of hydrogen-bond acceptors (Lipinski definition) is 3. The molecule has 1 aliphatic rings. The van der Waals surface area contributed by atoms with Gasteiger partial charge in [-0.3, -0.25) is 10.1 Å². The highest BCUT2D eigenvalue weighted by atomic mass is 15.4. The Morgan fingerprint density at radius 2 is 1.72 bits per heavy atom. The number of hydrogen-bond donors (Lipinski definition) is 2. The van der Waals surface area contributed by atoms with Crippen LogP contribution in [-0.4, -0.2) is 28.7 Å². The van der Waals surface area contributed by atoms with Crippen molar-refractivity contribution in [3.05, 3.63) is 11.3 Å². The van der Waals surface area contributed by atoms with Gasteiger partial charge in [0.25, 0.3) is 0 Å². The highest BCUT2D eigenvalue weighted by molar-refractivity contribution is 6.00. The highest BCUT2D eigenvalue weighted by Gasteiger charge is 2.21. The van der Waals surface area contributed by atoms with E-state index >= 15 is 0 Å². The van der Waals surface area contributed by atoms with Crippen molar-refractivity contribution in [2.45, 2.75) is 39.0 Å². The van der Waals surface area contributed by atoms with Gasteiger partial charge in [-0.25, -0.2) is 0 Å². The Labute approximate surface area is 108 Å². The smallest absolute Gasteiger partial charge is 0.137 e. The van der Waals surface area contributed by atoms with E-state index < -0.39 is 0 Å². The molecule has 2 heterocycles. The Hall–Kier alpha value is -1.52. The summed E-state index contributed by atoms with van der Waals surface area (Å²) >= 11 is 0. The van der Waals surface area contributed by atoms with Gasteiger partial charge in [0.2, 0.25) is 0 Å².